The Morgan fingerprint density at radius 1 is 1.00 bits per heavy atom. The maximum atomic E-state index is 13.1. The average molecular weight is 487 g/mol. The molecular formula is C26H34N2O7. The summed E-state index contributed by atoms with van der Waals surface area (Å²) in [5.41, 5.74) is 1.88. The molecule has 0 aliphatic heterocycles. The third-order valence-corrected chi connectivity index (χ3v) is 5.73. The number of methoxy groups -OCH3 is 2. The fourth-order valence-corrected chi connectivity index (χ4v) is 3.60. The van der Waals surface area contributed by atoms with Gasteiger partial charge in [0.15, 0.2) is 11.4 Å². The van der Waals surface area contributed by atoms with Crippen molar-refractivity contribution in [3.63, 3.8) is 0 Å². The smallest absolute Gasteiger partial charge is 0.329 e. The summed E-state index contributed by atoms with van der Waals surface area (Å²) in [6.45, 7) is 10.5. The van der Waals surface area contributed by atoms with E-state index < -0.39 is 30.0 Å². The van der Waals surface area contributed by atoms with Crippen LogP contribution in [0.15, 0.2) is 30.5 Å². The van der Waals surface area contributed by atoms with Crippen LogP contribution >= 0.6 is 0 Å². The van der Waals surface area contributed by atoms with Crippen LogP contribution in [0.3, 0.4) is 0 Å². The Morgan fingerprint density at radius 3 is 2.23 bits per heavy atom. The molecule has 0 aliphatic rings. The third-order valence-electron chi connectivity index (χ3n) is 5.73. The number of pyridine rings is 1. The van der Waals surface area contributed by atoms with E-state index in [-0.39, 0.29) is 29.0 Å². The summed E-state index contributed by atoms with van der Waals surface area (Å²) >= 11 is 0. The predicted octanol–water partition coefficient (Wildman–Crippen LogP) is 3.82. The second-order valence-electron chi connectivity index (χ2n) is 8.63. The molecule has 9 heteroatoms. The number of hydrogen-bond acceptors (Lipinski definition) is 8. The monoisotopic (exact) mass is 486 g/mol. The van der Waals surface area contributed by atoms with Crippen molar-refractivity contribution in [3.05, 3.63) is 47.3 Å². The van der Waals surface area contributed by atoms with Crippen LogP contribution in [0.4, 0.5) is 0 Å². The highest BCUT2D eigenvalue weighted by Crippen LogP contribution is 2.30. The van der Waals surface area contributed by atoms with Crippen molar-refractivity contribution in [2.24, 2.45) is 5.92 Å². The molecule has 35 heavy (non-hydrogen) atoms. The second-order valence-corrected chi connectivity index (χ2v) is 8.63. The van der Waals surface area contributed by atoms with E-state index in [0.717, 1.165) is 16.9 Å². The normalized spacial score (nSPS) is 13.4. The molecule has 1 heterocycles. The number of aromatic nitrogens is 1. The maximum absolute atomic E-state index is 13.1. The third kappa shape index (κ3) is 6.94. The van der Waals surface area contributed by atoms with Gasteiger partial charge in [0.05, 0.1) is 14.2 Å². The van der Waals surface area contributed by atoms with Gasteiger partial charge >= 0.3 is 11.9 Å². The van der Waals surface area contributed by atoms with E-state index in [9.17, 15) is 14.4 Å². The van der Waals surface area contributed by atoms with Crippen molar-refractivity contribution >= 4 is 17.8 Å². The van der Waals surface area contributed by atoms with Crippen molar-refractivity contribution < 1.29 is 33.3 Å². The van der Waals surface area contributed by atoms with Crippen LogP contribution in [0.1, 0.15) is 62.2 Å². The van der Waals surface area contributed by atoms with Gasteiger partial charge in [-0.25, -0.2) is 9.78 Å². The lowest BCUT2D eigenvalue weighted by molar-refractivity contribution is -0.152. The first-order valence-electron chi connectivity index (χ1n) is 11.4. The number of benzene rings is 1. The molecule has 3 atom stereocenters. The lowest BCUT2D eigenvalue weighted by Gasteiger charge is -2.27. The Labute approximate surface area is 206 Å². The number of esters is 2. The zero-order valence-electron chi connectivity index (χ0n) is 21.5. The number of carbonyl (C=O) groups excluding carboxylic acids is 3. The fraction of sp³-hybridized carbons (Fsp3) is 0.462. The summed E-state index contributed by atoms with van der Waals surface area (Å²) in [6, 6.07) is 6.27. The Balaban J connectivity index is 2.20. The van der Waals surface area contributed by atoms with Crippen LogP contribution in [0, 0.1) is 12.8 Å². The SMILES string of the molecule is COc1ccc([C@H](C)[C@H](C)OC(=O)[C@@H](NC(=O)c2nccc(OC)c2OC(C)=O)C(C)C)c(C)c1. The molecule has 0 spiro atoms. The summed E-state index contributed by atoms with van der Waals surface area (Å²) in [5, 5.41) is 2.67. The molecule has 190 valence electrons. The summed E-state index contributed by atoms with van der Waals surface area (Å²) in [5.74, 6) is -1.47. The Bertz CT molecular complexity index is 1070. The van der Waals surface area contributed by atoms with Crippen LogP contribution < -0.4 is 19.5 Å². The van der Waals surface area contributed by atoms with Gasteiger partial charge in [0, 0.05) is 25.1 Å². The highest BCUT2D eigenvalue weighted by atomic mass is 16.6. The number of carbonyl (C=O) groups is 3. The van der Waals surface area contributed by atoms with Gasteiger partial charge in [-0.05, 0) is 43.0 Å². The molecule has 9 nitrogen and oxygen atoms in total. The molecule has 0 bridgehead atoms. The molecule has 0 saturated carbocycles. The average Bonchev–Trinajstić information content (AvgIpc) is 2.81. The summed E-state index contributed by atoms with van der Waals surface area (Å²) in [6.07, 6.45) is 0.893. The maximum Gasteiger partial charge on any atom is 0.329 e. The minimum atomic E-state index is -0.952. The van der Waals surface area contributed by atoms with Gasteiger partial charge < -0.3 is 24.3 Å². The van der Waals surface area contributed by atoms with Gasteiger partial charge in [-0.2, -0.15) is 0 Å². The van der Waals surface area contributed by atoms with Crippen LogP contribution in [0.2, 0.25) is 0 Å². The van der Waals surface area contributed by atoms with Crippen LogP contribution in [0.25, 0.3) is 0 Å². The number of nitrogens with zero attached hydrogens (tertiary/aromatic N) is 1. The van der Waals surface area contributed by atoms with Gasteiger partial charge in [-0.1, -0.05) is 26.8 Å². The molecule has 0 aliphatic carbocycles. The molecule has 0 unspecified atom stereocenters. The van der Waals surface area contributed by atoms with Gasteiger partial charge in [-0.15, -0.1) is 0 Å². The zero-order chi connectivity index (χ0) is 26.3. The van der Waals surface area contributed by atoms with Crippen molar-refractivity contribution in [2.45, 2.75) is 59.6 Å². The minimum absolute atomic E-state index is 0.0935. The Hall–Kier alpha value is -3.62. The number of rotatable bonds is 10. The fourth-order valence-electron chi connectivity index (χ4n) is 3.60. The number of amides is 1. The van der Waals surface area contributed by atoms with E-state index in [1.54, 1.807) is 21.0 Å². The highest BCUT2D eigenvalue weighted by Gasteiger charge is 2.31. The van der Waals surface area contributed by atoms with Gasteiger partial charge in [0.25, 0.3) is 5.91 Å². The molecule has 1 N–H and O–H groups in total. The van der Waals surface area contributed by atoms with Crippen molar-refractivity contribution in [1.29, 1.82) is 0 Å². The van der Waals surface area contributed by atoms with Crippen molar-refractivity contribution in [2.75, 3.05) is 14.2 Å². The topological polar surface area (TPSA) is 113 Å². The predicted molar refractivity (Wildman–Crippen MR) is 130 cm³/mol. The van der Waals surface area contributed by atoms with E-state index in [4.69, 9.17) is 18.9 Å². The molecular weight excluding hydrogens is 452 g/mol. The number of hydrogen-bond donors (Lipinski definition) is 1. The molecule has 1 amide bonds. The molecule has 1 aromatic carbocycles. The van der Waals surface area contributed by atoms with Crippen LogP contribution in [0.5, 0.6) is 17.2 Å². The lowest BCUT2D eigenvalue weighted by Crippen LogP contribution is -2.46. The summed E-state index contributed by atoms with van der Waals surface area (Å²) < 4.78 is 21.4. The highest BCUT2D eigenvalue weighted by molar-refractivity contribution is 5.98. The van der Waals surface area contributed by atoms with E-state index in [1.165, 1.54) is 26.3 Å². The molecule has 2 rings (SSSR count). The van der Waals surface area contributed by atoms with E-state index >= 15 is 0 Å². The molecule has 2 aromatic rings. The number of nitrogens with one attached hydrogen (secondary N) is 1. The number of ether oxygens (including phenoxy) is 4. The molecule has 0 saturated heterocycles. The standard InChI is InChI=1S/C26H34N2O7/c1-14(2)22(28-25(30)23-24(35-18(6)29)21(33-8)11-12-27-23)26(31)34-17(5)16(4)20-10-9-19(32-7)13-15(20)3/h9-14,16-17,22H,1-8H3,(H,28,30)/t16-,17+,22+/m1/s1. The minimum Gasteiger partial charge on any atom is -0.497 e. The molecule has 0 radical (unpaired) electrons. The zero-order valence-corrected chi connectivity index (χ0v) is 21.5. The number of aryl methyl sites for hydroxylation is 1. The first kappa shape index (κ1) is 27.6. The van der Waals surface area contributed by atoms with Crippen molar-refractivity contribution in [1.82, 2.24) is 10.3 Å². The van der Waals surface area contributed by atoms with Crippen LogP contribution in [-0.4, -0.2) is 49.2 Å². The van der Waals surface area contributed by atoms with E-state index in [1.807, 2.05) is 39.0 Å². The quantitative estimate of drug-likeness (QED) is 0.504. The summed E-state index contributed by atoms with van der Waals surface area (Å²) in [7, 11) is 2.99. The Kier molecular flexibility index (Phi) is 9.62. The first-order chi connectivity index (χ1) is 16.5. The van der Waals surface area contributed by atoms with E-state index in [2.05, 4.69) is 10.3 Å². The van der Waals surface area contributed by atoms with Gasteiger partial charge in [0.1, 0.15) is 17.9 Å². The molecule has 0 fully saturated rings. The van der Waals surface area contributed by atoms with Crippen LogP contribution in [-0.2, 0) is 14.3 Å². The second kappa shape index (κ2) is 12.2. The lowest BCUT2D eigenvalue weighted by atomic mass is 9.92. The summed E-state index contributed by atoms with van der Waals surface area (Å²) in [4.78, 5) is 41.7. The Morgan fingerprint density at radius 2 is 1.69 bits per heavy atom. The van der Waals surface area contributed by atoms with Gasteiger partial charge in [-0.3, -0.25) is 9.59 Å². The largest absolute Gasteiger partial charge is 0.497 e. The van der Waals surface area contributed by atoms with Gasteiger partial charge in [0.2, 0.25) is 5.75 Å². The van der Waals surface area contributed by atoms with E-state index in [0.29, 0.717) is 0 Å². The first-order valence-corrected chi connectivity index (χ1v) is 11.4. The van der Waals surface area contributed by atoms with Crippen molar-refractivity contribution in [3.8, 4) is 17.2 Å². The molecule has 1 aromatic heterocycles.